The highest BCUT2D eigenvalue weighted by Gasteiger charge is 2.24. The third-order valence-electron chi connectivity index (χ3n) is 17.9. The summed E-state index contributed by atoms with van der Waals surface area (Å²) in [4.78, 5) is 97.0. The molecular weight excluding hydrogens is 1530 g/mol. The molecule has 12 N–H and O–H groups in total. The molecule has 4 heterocycles. The van der Waals surface area contributed by atoms with Gasteiger partial charge in [0.05, 0.1) is 117 Å². The zero-order valence-electron chi connectivity index (χ0n) is 65.8. The summed E-state index contributed by atoms with van der Waals surface area (Å²) in [5.74, 6) is -1.64. The minimum atomic E-state index is -0.408. The van der Waals surface area contributed by atoms with E-state index in [-0.39, 0.29) is 97.0 Å². The predicted molar refractivity (Wildman–Crippen MR) is 445 cm³/mol. The Balaban J connectivity index is 0.000000179. The first-order valence-electron chi connectivity index (χ1n) is 36.9. The number of primary amides is 1. The van der Waals surface area contributed by atoms with Crippen molar-refractivity contribution in [3.05, 3.63) is 236 Å². The lowest BCUT2D eigenvalue weighted by atomic mass is 10.1. The summed E-state index contributed by atoms with van der Waals surface area (Å²) in [6.45, 7) is 1.13. The van der Waals surface area contributed by atoms with Crippen LogP contribution in [-0.2, 0) is 19.2 Å². The molecule has 0 bridgehead atoms. The van der Waals surface area contributed by atoms with Gasteiger partial charge in [-0.3, -0.25) is 58.8 Å². The van der Waals surface area contributed by atoms with Gasteiger partial charge in [-0.05, 0) is 156 Å². The molecule has 0 spiro atoms. The molecule has 118 heavy (non-hydrogen) atoms. The highest BCUT2D eigenvalue weighted by Crippen LogP contribution is 2.37. The van der Waals surface area contributed by atoms with Crippen molar-refractivity contribution in [3.63, 3.8) is 0 Å². The molecule has 0 unspecified atom stereocenters. The van der Waals surface area contributed by atoms with E-state index >= 15 is 0 Å². The van der Waals surface area contributed by atoms with E-state index < -0.39 is 5.91 Å². The summed E-state index contributed by atoms with van der Waals surface area (Å²) in [6.07, 6.45) is 16.4. The zero-order chi connectivity index (χ0) is 84.8. The van der Waals surface area contributed by atoms with E-state index in [1.807, 2.05) is 24.3 Å². The van der Waals surface area contributed by atoms with Crippen LogP contribution in [0.5, 0.6) is 23.0 Å². The Kier molecular flexibility index (Phi) is 31.8. The van der Waals surface area contributed by atoms with E-state index in [9.17, 15) is 55.9 Å². The molecule has 0 aliphatic rings. The van der Waals surface area contributed by atoms with Crippen molar-refractivity contribution >= 4 is 139 Å². The van der Waals surface area contributed by atoms with Crippen LogP contribution in [0.15, 0.2) is 146 Å². The molecule has 8 amide bonds. The van der Waals surface area contributed by atoms with Gasteiger partial charge in [0.15, 0.2) is 0 Å². The number of amides is 8. The van der Waals surface area contributed by atoms with Crippen molar-refractivity contribution in [2.75, 3.05) is 82.8 Å². The number of nitrogens with zero attached hydrogens (tertiary/aromatic N) is 5. The van der Waals surface area contributed by atoms with E-state index in [0.717, 1.165) is 22.3 Å². The Morgan fingerprint density at radius 2 is 0.610 bits per heavy atom. The molecule has 612 valence electrons. The summed E-state index contributed by atoms with van der Waals surface area (Å²) in [7, 11) is 12.4. The Morgan fingerprint density at radius 1 is 0.356 bits per heavy atom. The van der Waals surface area contributed by atoms with E-state index in [4.69, 9.17) is 24.7 Å². The molecule has 0 aliphatic heterocycles. The second kappa shape index (κ2) is 43.0. The van der Waals surface area contributed by atoms with Crippen LogP contribution in [0.3, 0.4) is 0 Å². The Morgan fingerprint density at radius 3 is 0.864 bits per heavy atom. The van der Waals surface area contributed by atoms with Gasteiger partial charge in [-0.1, -0.05) is 72.8 Å². The maximum Gasteiger partial charge on any atom is 0.255 e. The summed E-state index contributed by atoms with van der Waals surface area (Å²) >= 11 is 0. The molecule has 0 fully saturated rings. The fraction of sp³-hybridized carbons (Fsp3) is 0.209. The minimum Gasteiger partial charge on any atom is -0.495 e. The number of ether oxygens (including phenoxy) is 4. The van der Waals surface area contributed by atoms with Gasteiger partial charge in [-0.25, -0.2) is 17.6 Å². The number of hydrogen-bond donors (Lipinski definition) is 11. The highest BCUT2D eigenvalue weighted by atomic mass is 19.1. The van der Waals surface area contributed by atoms with Gasteiger partial charge in [0, 0.05) is 80.1 Å². The maximum absolute atomic E-state index is 13.1. The second-order valence-corrected chi connectivity index (χ2v) is 26.1. The predicted octanol–water partition coefficient (Wildman–Crippen LogP) is 11.8. The molecule has 0 atom stereocenters. The van der Waals surface area contributed by atoms with Crippen molar-refractivity contribution in [3.8, 4) is 23.0 Å². The van der Waals surface area contributed by atoms with Crippen LogP contribution >= 0.6 is 0 Å². The third-order valence-corrected chi connectivity index (χ3v) is 17.9. The third kappa shape index (κ3) is 23.7. The fourth-order valence-corrected chi connectivity index (χ4v) is 11.8. The first kappa shape index (κ1) is 87.2. The SMILES string of the molecule is CNC(=O)CCCNC(=O)c1ccc2n[nH]c(/C=C/c3ccc(F)cc3)c2c1OC.CNC(=O)CCNC(=O)c1ccc2n[nH]c(/C=C/c3ccc(F)cc3)c2c1OC.COc1c(C(=O)NCCC(=O)N(C)C)ccc2n[nH]c(/C=C/c3ccc(F)cc3)c12.COc1c(C(=O)NCCCC(N)=O)ccc2n[nH]c(/C=C/c3ccc(F)cc3)c12. The number of fused-ring (bicyclic) bond motifs is 4. The first-order valence-corrected chi connectivity index (χ1v) is 36.9. The van der Waals surface area contributed by atoms with Crippen LogP contribution in [0.4, 0.5) is 17.6 Å². The van der Waals surface area contributed by atoms with Gasteiger partial charge in [-0.15, -0.1) is 0 Å². The number of nitrogens with one attached hydrogen (secondary N) is 10. The van der Waals surface area contributed by atoms with Gasteiger partial charge < -0.3 is 61.5 Å². The van der Waals surface area contributed by atoms with Gasteiger partial charge in [0.1, 0.15) is 46.3 Å². The second-order valence-electron chi connectivity index (χ2n) is 26.1. The standard InChI is InChI=1S/2C22H23FN4O3.2C21H21FN4O3/c1-27(2)19(28)12-13-24-22(29)16-9-11-18-20(21(16)30-3)17(25-26-18)10-6-14-4-7-15(23)8-5-14;1-24-19(28)4-3-13-25-22(29)16-10-12-18-20(21(16)30-2)17(26-27-18)11-7-14-5-8-15(23)9-6-14;1-23-18(27)11-12-24-21(28)15-8-10-17-19(20(15)29-2)16(25-26-17)9-5-13-3-6-14(22)7-4-13;1-29-20-15(21(28)24-12-2-3-18(23)27)9-11-17-19(20)16(25-26-17)10-6-13-4-7-14(22)8-5-13/h4-11H,12-13H2,1-3H3,(H,24,29)(H,25,26);5-12H,3-4,13H2,1-2H3,(H,24,28)(H,25,29)(H,26,27);3-10H,11-12H2,1-2H3,(H,23,27)(H,24,28)(H,25,26);4-11H,2-3,12H2,1H3,(H2,23,27)(H,24,28)(H,25,26)/b10-6+;11-7+;9-5+;10-6+. The van der Waals surface area contributed by atoms with E-state index in [2.05, 4.69) is 72.7 Å². The molecule has 4 aromatic heterocycles. The normalized spacial score (nSPS) is 11.1. The number of aromatic amines is 4. The molecule has 0 saturated carbocycles. The fourth-order valence-electron chi connectivity index (χ4n) is 11.8. The molecule has 0 saturated heterocycles. The van der Waals surface area contributed by atoms with E-state index in [1.165, 1.54) is 81.9 Å². The van der Waals surface area contributed by atoms with Crippen molar-refractivity contribution in [1.29, 1.82) is 0 Å². The number of nitrogens with two attached hydrogens (primary N) is 1. The monoisotopic (exact) mass is 1610 g/mol. The molecule has 0 radical (unpaired) electrons. The number of hydrogen-bond acceptors (Lipinski definition) is 16. The highest BCUT2D eigenvalue weighted by molar-refractivity contribution is 6.09. The first-order chi connectivity index (χ1) is 56.9. The lowest BCUT2D eigenvalue weighted by Crippen LogP contribution is -2.30. The molecule has 12 rings (SSSR count). The summed E-state index contributed by atoms with van der Waals surface area (Å²) in [5, 5.41) is 47.5. The quantitative estimate of drug-likeness (QED) is 0.0147. The summed E-state index contributed by atoms with van der Waals surface area (Å²) in [5.41, 5.74) is 15.0. The van der Waals surface area contributed by atoms with Gasteiger partial charge in [0.25, 0.3) is 23.6 Å². The van der Waals surface area contributed by atoms with Crippen LogP contribution < -0.4 is 56.6 Å². The maximum atomic E-state index is 13.1. The van der Waals surface area contributed by atoms with Crippen molar-refractivity contribution < 1.29 is 74.9 Å². The van der Waals surface area contributed by atoms with E-state index in [1.54, 1.807) is 150 Å². The number of rotatable bonds is 30. The largest absolute Gasteiger partial charge is 0.495 e. The molecular formula is C86H88F4N16O12. The molecule has 8 aromatic carbocycles. The number of carbonyl (C=O) groups excluding carboxylic acids is 8. The van der Waals surface area contributed by atoms with Crippen molar-refractivity contribution in [2.24, 2.45) is 5.73 Å². The average molecular weight is 1610 g/mol. The Hall–Kier alpha value is -14.7. The topological polar surface area (TPSA) is 390 Å². The van der Waals surface area contributed by atoms with Crippen LogP contribution in [-0.4, -0.2) is 176 Å². The van der Waals surface area contributed by atoms with Crippen LogP contribution in [0.25, 0.3) is 92.2 Å². The van der Waals surface area contributed by atoms with Crippen molar-refractivity contribution in [2.45, 2.75) is 38.5 Å². The summed E-state index contributed by atoms with van der Waals surface area (Å²) in [6, 6.07) is 37.8. The lowest BCUT2D eigenvalue weighted by molar-refractivity contribution is -0.128. The average Bonchev–Trinajstić information content (AvgIpc) is 1.63. The van der Waals surface area contributed by atoms with Crippen LogP contribution in [0, 0.1) is 23.3 Å². The number of aromatic nitrogens is 8. The smallest absolute Gasteiger partial charge is 0.255 e. The zero-order valence-corrected chi connectivity index (χ0v) is 65.8. The number of carbonyl (C=O) groups is 8. The molecule has 12 aromatic rings. The Labute approximate surface area is 675 Å². The van der Waals surface area contributed by atoms with Crippen LogP contribution in [0.1, 0.15) is 125 Å². The number of H-pyrrole nitrogens is 4. The molecule has 28 nitrogen and oxygen atoms in total. The molecule has 0 aliphatic carbocycles. The van der Waals surface area contributed by atoms with Crippen molar-refractivity contribution in [1.82, 2.24) is 77.6 Å². The molecule has 32 heteroatoms. The Bertz CT molecular complexity index is 5660. The number of methoxy groups -OCH3 is 4. The minimum absolute atomic E-state index is 0.0687. The van der Waals surface area contributed by atoms with Gasteiger partial charge >= 0.3 is 0 Å². The number of halogens is 4. The van der Waals surface area contributed by atoms with E-state index in [0.29, 0.717) is 144 Å². The van der Waals surface area contributed by atoms with Gasteiger partial charge in [-0.2, -0.15) is 20.4 Å². The summed E-state index contributed by atoms with van der Waals surface area (Å²) < 4.78 is 74.4. The number of benzene rings is 8. The van der Waals surface area contributed by atoms with Crippen LogP contribution in [0.2, 0.25) is 0 Å². The lowest BCUT2D eigenvalue weighted by Gasteiger charge is -2.12. The van der Waals surface area contributed by atoms with Gasteiger partial charge in [0.2, 0.25) is 23.6 Å².